The van der Waals surface area contributed by atoms with Crippen LogP contribution < -0.4 is 16.0 Å². The van der Waals surface area contributed by atoms with Gasteiger partial charge in [0.15, 0.2) is 34.9 Å². The molecule has 0 unspecified atom stereocenters. The maximum Gasteiger partial charge on any atom is 0.409 e. The molecule has 0 bridgehead atoms. The lowest BCUT2D eigenvalue weighted by molar-refractivity contribution is -0.102. The quantitative estimate of drug-likeness (QED) is 0.0675. The Morgan fingerprint density at radius 2 is 0.847 bits per heavy atom. The lowest BCUT2D eigenvalue weighted by Crippen LogP contribution is -2.57. The fourth-order valence-electron chi connectivity index (χ4n) is 16.5. The molecule has 620 valence electrons. The first-order chi connectivity index (χ1) is 56.2. The molecule has 4 fully saturated rings. The topological polar surface area (TPSA) is 257 Å². The van der Waals surface area contributed by atoms with Crippen LogP contribution in [-0.4, -0.2) is 195 Å². The summed E-state index contributed by atoms with van der Waals surface area (Å²) in [5.41, 5.74) is 6.79. The van der Waals surface area contributed by atoms with Crippen LogP contribution in [0.25, 0.3) is 66.9 Å². The minimum Gasteiger partial charge on any atom is -0.453 e. The van der Waals surface area contributed by atoms with Crippen LogP contribution >= 0.6 is 0 Å². The van der Waals surface area contributed by atoms with Crippen molar-refractivity contribution in [2.75, 3.05) is 95.6 Å². The van der Waals surface area contributed by atoms with Gasteiger partial charge in [-0.25, -0.2) is 90.9 Å². The number of aromatic nitrogens is 15. The predicted molar refractivity (Wildman–Crippen MR) is 443 cm³/mol. The van der Waals surface area contributed by atoms with Gasteiger partial charge in [0.1, 0.15) is 74.2 Å². The Kier molecular flexibility index (Phi) is 24.3. The number of ether oxygens (including phenoxy) is 2. The van der Waals surface area contributed by atoms with E-state index in [1.807, 2.05) is 125 Å². The number of carbonyl (C=O) groups is 1. The number of imidazole rings is 3. The van der Waals surface area contributed by atoms with Crippen LogP contribution in [0.1, 0.15) is 141 Å². The van der Waals surface area contributed by atoms with Crippen molar-refractivity contribution in [3.8, 4) is 33.8 Å². The standard InChI is InChI=1S/C30H34F2N8O3.C28H34F2N8.C28H33F2N7/c1-18(2)40-19(3)35-27-22(31)11-21(12-24(27)40)26-23(32)14-34-28(37-26)36-25-6-5-20(13-33-25)15-38-9-10-43-30(16-38)7-8-39(17-30)29(41)42-4;1-17(2)38-18(3)33-26-21(29)11-20(12-23(26)38)25-22(30)14-32-27(35-25)34-24-8-7-19(13-31-24)15-37-10-9-36(6)28(4,5)16-37;1-17(2)37-18(3)33-26-21(29)11-20(12-23(26)37)25-22(30)14-32-27(35-25)34-24-8-7-19(13-31-24)15-36-10-6-9-28(4,5)16-36/h5-6,11-14,18H,7-10,15-17H2,1-4H3,(H,33,34,36,37);7-8,11-14,17H,9-10,15-16H2,1-6H3,(H,31,32,34,35);7-8,11-14,17H,6,9-10,15-16H2,1-5H3,(H,31,32,34,35)/t30-;;/m1../s1. The molecule has 13 heterocycles. The number of amides is 1. The van der Waals surface area contributed by atoms with Gasteiger partial charge < -0.3 is 44.0 Å². The average molecular weight is 1620 g/mol. The number of nitrogens with zero attached hydrogens (tertiary/aromatic N) is 20. The number of methoxy groups -OCH3 is 1. The molecular formula is C86H101F6N23O3. The smallest absolute Gasteiger partial charge is 0.409 e. The molecule has 118 heavy (non-hydrogen) atoms. The van der Waals surface area contributed by atoms with E-state index in [4.69, 9.17) is 9.47 Å². The monoisotopic (exact) mass is 1620 g/mol. The number of morpholine rings is 1. The number of anilines is 6. The van der Waals surface area contributed by atoms with Gasteiger partial charge in [-0.1, -0.05) is 32.0 Å². The molecule has 1 spiro atoms. The highest BCUT2D eigenvalue weighted by molar-refractivity contribution is 5.85. The van der Waals surface area contributed by atoms with Crippen LogP contribution in [0.4, 0.5) is 66.4 Å². The van der Waals surface area contributed by atoms with Crippen molar-refractivity contribution in [2.24, 2.45) is 5.41 Å². The second-order valence-electron chi connectivity index (χ2n) is 33.4. The first kappa shape index (κ1) is 83.3. The van der Waals surface area contributed by atoms with Crippen LogP contribution in [-0.2, 0) is 29.1 Å². The molecule has 0 saturated carbocycles. The van der Waals surface area contributed by atoms with E-state index in [-0.39, 0.29) is 86.8 Å². The summed E-state index contributed by atoms with van der Waals surface area (Å²) in [6.07, 6.45) is 11.6. The minimum absolute atomic E-state index is 0.00626. The SMILES string of the molecule is COC(=O)N1CC[C@@]2(CN(Cc3ccc(Nc4ncc(F)c(-c5cc(F)c6nc(C)n(C(C)C)c6c5)n4)nc3)CCO2)C1.Cc1nc2c(F)cc(-c3nc(Nc4ccc(CN5CCCC(C)(C)C5)cn4)ncc3F)cc2n1C(C)C.Cc1nc2c(F)cc(-c3nc(Nc4ccc(CN5CCN(C)C(C)(C)C5)cn4)ncc3F)cc2n1C(C)C. The summed E-state index contributed by atoms with van der Waals surface area (Å²) in [6.45, 7) is 37.3. The number of aryl methyl sites for hydroxylation is 3. The number of halogens is 6. The summed E-state index contributed by atoms with van der Waals surface area (Å²) in [7, 11) is 3.55. The number of fused-ring (bicyclic) bond motifs is 3. The number of piperazine rings is 1. The number of likely N-dealkylation sites (tertiary alicyclic amines) is 2. The molecule has 32 heteroatoms. The number of benzene rings is 3. The van der Waals surface area contributed by atoms with Gasteiger partial charge in [-0.2, -0.15) is 0 Å². The Balaban J connectivity index is 0.000000146. The van der Waals surface area contributed by atoms with E-state index in [1.54, 1.807) is 29.3 Å². The third kappa shape index (κ3) is 18.5. The molecular weight excluding hydrogens is 1520 g/mol. The van der Waals surface area contributed by atoms with Crippen molar-refractivity contribution in [2.45, 2.75) is 158 Å². The maximum atomic E-state index is 15.0. The van der Waals surface area contributed by atoms with Gasteiger partial charge >= 0.3 is 6.09 Å². The van der Waals surface area contributed by atoms with Gasteiger partial charge in [0.05, 0.1) is 55.4 Å². The highest BCUT2D eigenvalue weighted by atomic mass is 19.1. The first-order valence-corrected chi connectivity index (χ1v) is 39.9. The van der Waals surface area contributed by atoms with Gasteiger partial charge in [-0.05, 0) is 186 Å². The third-order valence-corrected chi connectivity index (χ3v) is 22.2. The largest absolute Gasteiger partial charge is 0.453 e. The molecule has 3 aromatic carbocycles. The van der Waals surface area contributed by atoms with Gasteiger partial charge in [0, 0.05) is 124 Å². The summed E-state index contributed by atoms with van der Waals surface area (Å²) in [5, 5.41) is 9.11. The van der Waals surface area contributed by atoms with Crippen molar-refractivity contribution in [1.29, 1.82) is 0 Å². The van der Waals surface area contributed by atoms with Crippen LogP contribution in [0.3, 0.4) is 0 Å². The van der Waals surface area contributed by atoms with Crippen molar-refractivity contribution >= 4 is 74.5 Å². The second-order valence-corrected chi connectivity index (χ2v) is 33.4. The second kappa shape index (κ2) is 34.4. The Labute approximate surface area is 682 Å². The Morgan fingerprint density at radius 1 is 0.458 bits per heavy atom. The number of piperidine rings is 1. The Bertz CT molecular complexity index is 5640. The van der Waals surface area contributed by atoms with E-state index in [2.05, 4.69) is 130 Å². The fraction of sp³-hybridized carbons (Fsp3) is 0.430. The number of likely N-dealkylation sites (N-methyl/N-ethyl adjacent to an activating group) is 1. The summed E-state index contributed by atoms with van der Waals surface area (Å²) >= 11 is 0. The molecule has 9 aromatic heterocycles. The van der Waals surface area contributed by atoms with Crippen LogP contribution in [0.15, 0.2) is 110 Å². The molecule has 4 saturated heterocycles. The minimum atomic E-state index is -0.666. The van der Waals surface area contributed by atoms with Crippen molar-refractivity contribution < 1.29 is 40.6 Å². The van der Waals surface area contributed by atoms with Crippen molar-refractivity contribution in [1.82, 2.24) is 98.0 Å². The number of rotatable bonds is 18. The molecule has 0 radical (unpaired) electrons. The Morgan fingerprint density at radius 3 is 1.20 bits per heavy atom. The van der Waals surface area contributed by atoms with E-state index in [0.29, 0.717) is 106 Å². The summed E-state index contributed by atoms with van der Waals surface area (Å²) in [6, 6.07) is 20.7. The summed E-state index contributed by atoms with van der Waals surface area (Å²) in [4.78, 5) is 75.1. The van der Waals surface area contributed by atoms with Gasteiger partial charge in [0.25, 0.3) is 0 Å². The van der Waals surface area contributed by atoms with Gasteiger partial charge in [0.2, 0.25) is 17.8 Å². The van der Waals surface area contributed by atoms with E-state index in [9.17, 15) is 26.7 Å². The normalized spacial score (nSPS) is 17.3. The van der Waals surface area contributed by atoms with Crippen LogP contribution in [0.2, 0.25) is 0 Å². The van der Waals surface area contributed by atoms with E-state index in [0.717, 1.165) is 94.1 Å². The third-order valence-electron chi connectivity index (χ3n) is 22.2. The molecule has 1 atom stereocenters. The number of nitrogens with one attached hydrogen (secondary N) is 3. The molecule has 3 N–H and O–H groups in total. The van der Waals surface area contributed by atoms with Crippen LogP contribution in [0, 0.1) is 61.1 Å². The molecule has 0 aliphatic carbocycles. The zero-order chi connectivity index (χ0) is 83.8. The summed E-state index contributed by atoms with van der Waals surface area (Å²) in [5.74, 6) is 0.632. The zero-order valence-corrected chi connectivity index (χ0v) is 69.4. The molecule has 4 aliphatic heterocycles. The number of pyridine rings is 3. The fourth-order valence-corrected chi connectivity index (χ4v) is 16.5. The molecule has 12 aromatic rings. The van der Waals surface area contributed by atoms with Crippen LogP contribution in [0.5, 0.6) is 0 Å². The lowest BCUT2D eigenvalue weighted by Gasteiger charge is -2.45. The van der Waals surface area contributed by atoms with E-state index >= 15 is 4.39 Å². The highest BCUT2D eigenvalue weighted by Crippen LogP contribution is 2.37. The van der Waals surface area contributed by atoms with E-state index < -0.39 is 34.9 Å². The molecule has 1 amide bonds. The zero-order valence-electron chi connectivity index (χ0n) is 69.4. The van der Waals surface area contributed by atoms with E-state index in [1.165, 1.54) is 38.2 Å². The maximum absolute atomic E-state index is 15.0. The molecule has 4 aliphatic rings. The molecule has 16 rings (SSSR count). The predicted octanol–water partition coefficient (Wildman–Crippen LogP) is 16.6. The number of hydrogen-bond donors (Lipinski definition) is 3. The Hall–Kier alpha value is -11.2. The van der Waals surface area contributed by atoms with Gasteiger partial charge in [-0.15, -0.1) is 0 Å². The molecule has 26 nitrogen and oxygen atoms in total. The summed E-state index contributed by atoms with van der Waals surface area (Å²) < 4.78 is 106. The van der Waals surface area contributed by atoms with Crippen molar-refractivity contribution in [3.63, 3.8) is 0 Å². The number of carbonyl (C=O) groups excluding carboxylic acids is 1. The van der Waals surface area contributed by atoms with Gasteiger partial charge in [-0.3, -0.25) is 19.6 Å². The average Bonchev–Trinajstić information content (AvgIpc) is 1.60. The van der Waals surface area contributed by atoms with Crippen molar-refractivity contribution in [3.05, 3.63) is 179 Å². The first-order valence-electron chi connectivity index (χ1n) is 39.9. The number of hydrogen-bond acceptors (Lipinski definition) is 22. The highest BCUT2D eigenvalue weighted by Gasteiger charge is 2.45. The lowest BCUT2D eigenvalue weighted by atomic mass is 9.84.